The highest BCUT2D eigenvalue weighted by Gasteiger charge is 2.06. The highest BCUT2D eigenvalue weighted by atomic mass is 32.2. The third-order valence-electron chi connectivity index (χ3n) is 2.18. The van der Waals surface area contributed by atoms with E-state index in [9.17, 15) is 8.42 Å². The molecule has 18 heavy (non-hydrogen) atoms. The zero-order valence-corrected chi connectivity index (χ0v) is 10.7. The van der Waals surface area contributed by atoms with Crippen molar-refractivity contribution >= 4 is 21.7 Å². The van der Waals surface area contributed by atoms with Crippen LogP contribution in [-0.2, 0) is 10.3 Å². The van der Waals surface area contributed by atoms with Gasteiger partial charge in [0.05, 0.1) is 5.69 Å². The molecule has 0 bridgehead atoms. The molecular formula is C12H16N2O3S. The normalized spacial score (nSPS) is 10.7. The molecule has 0 unspecified atom stereocenters. The Labute approximate surface area is 107 Å². The minimum atomic E-state index is -4.23. The molecule has 0 atom stereocenters. The molecule has 0 aliphatic heterocycles. The Morgan fingerprint density at radius 1 is 1.17 bits per heavy atom. The smallest absolute Gasteiger partial charge is 0.357 e. The standard InChI is InChI=1S/C12H16N2O3S/c1-3-9-14(10-4-2)12-7-5-11(6-8-12)13-18(15,16)17/h3-8,13H,1-2,9-10H2,(H,15,16,17). The molecule has 0 heterocycles. The number of anilines is 2. The van der Waals surface area contributed by atoms with Gasteiger partial charge in [-0.3, -0.25) is 9.27 Å². The Hall–Kier alpha value is -1.79. The number of benzene rings is 1. The van der Waals surface area contributed by atoms with Crippen LogP contribution < -0.4 is 9.62 Å². The van der Waals surface area contributed by atoms with Gasteiger partial charge in [-0.05, 0) is 24.3 Å². The highest BCUT2D eigenvalue weighted by molar-refractivity contribution is 7.87. The first-order valence-corrected chi connectivity index (χ1v) is 6.72. The molecule has 2 N–H and O–H groups in total. The Balaban J connectivity index is 2.86. The third-order valence-corrected chi connectivity index (χ3v) is 2.67. The molecule has 0 saturated carbocycles. The molecule has 1 aromatic rings. The van der Waals surface area contributed by atoms with Gasteiger partial charge in [-0.2, -0.15) is 8.42 Å². The zero-order valence-electron chi connectivity index (χ0n) is 9.91. The minimum absolute atomic E-state index is 0.304. The average Bonchev–Trinajstić information content (AvgIpc) is 2.28. The Morgan fingerprint density at radius 3 is 2.06 bits per heavy atom. The quantitative estimate of drug-likeness (QED) is 0.587. The number of rotatable bonds is 7. The predicted molar refractivity (Wildman–Crippen MR) is 74.2 cm³/mol. The van der Waals surface area contributed by atoms with Gasteiger partial charge in [-0.15, -0.1) is 13.2 Å². The van der Waals surface area contributed by atoms with Crippen molar-refractivity contribution in [2.75, 3.05) is 22.7 Å². The van der Waals surface area contributed by atoms with Gasteiger partial charge in [0, 0.05) is 18.8 Å². The summed E-state index contributed by atoms with van der Waals surface area (Å²) in [6, 6.07) is 6.64. The Morgan fingerprint density at radius 2 is 1.67 bits per heavy atom. The lowest BCUT2D eigenvalue weighted by molar-refractivity contribution is 0.490. The Bertz CT molecular complexity index is 499. The van der Waals surface area contributed by atoms with Crippen molar-refractivity contribution in [1.29, 1.82) is 0 Å². The number of nitrogens with zero attached hydrogens (tertiary/aromatic N) is 1. The molecule has 0 aliphatic carbocycles. The molecule has 0 aliphatic rings. The van der Waals surface area contributed by atoms with E-state index in [-0.39, 0.29) is 0 Å². The Kier molecular flexibility index (Phi) is 4.94. The maximum absolute atomic E-state index is 10.6. The summed E-state index contributed by atoms with van der Waals surface area (Å²) in [5.41, 5.74) is 1.22. The van der Waals surface area contributed by atoms with E-state index < -0.39 is 10.3 Å². The fourth-order valence-corrected chi connectivity index (χ4v) is 1.92. The van der Waals surface area contributed by atoms with Gasteiger partial charge in [-0.1, -0.05) is 12.2 Å². The van der Waals surface area contributed by atoms with E-state index in [0.717, 1.165) is 5.69 Å². The lowest BCUT2D eigenvalue weighted by Gasteiger charge is -2.21. The van der Waals surface area contributed by atoms with E-state index in [2.05, 4.69) is 13.2 Å². The van der Waals surface area contributed by atoms with Crippen LogP contribution in [0.15, 0.2) is 49.6 Å². The second kappa shape index (κ2) is 6.23. The van der Waals surface area contributed by atoms with Crippen LogP contribution in [0.1, 0.15) is 0 Å². The molecule has 0 spiro atoms. The summed E-state index contributed by atoms with van der Waals surface area (Å²) in [4.78, 5) is 2.01. The van der Waals surface area contributed by atoms with Crippen LogP contribution in [0.25, 0.3) is 0 Å². The van der Waals surface area contributed by atoms with Crippen molar-refractivity contribution in [1.82, 2.24) is 0 Å². The molecular weight excluding hydrogens is 252 g/mol. The van der Waals surface area contributed by atoms with Crippen molar-refractivity contribution < 1.29 is 13.0 Å². The van der Waals surface area contributed by atoms with Gasteiger partial charge in [0.15, 0.2) is 0 Å². The predicted octanol–water partition coefficient (Wildman–Crippen LogP) is 2.08. The molecule has 0 fully saturated rings. The van der Waals surface area contributed by atoms with Crippen LogP contribution in [-0.4, -0.2) is 26.1 Å². The second-order valence-electron chi connectivity index (χ2n) is 3.61. The lowest BCUT2D eigenvalue weighted by atomic mass is 10.2. The van der Waals surface area contributed by atoms with E-state index in [0.29, 0.717) is 18.8 Å². The summed E-state index contributed by atoms with van der Waals surface area (Å²) in [5.74, 6) is 0. The third kappa shape index (κ3) is 4.60. The topological polar surface area (TPSA) is 69.6 Å². The zero-order chi connectivity index (χ0) is 13.6. The van der Waals surface area contributed by atoms with Gasteiger partial charge < -0.3 is 4.90 Å². The summed E-state index contributed by atoms with van der Waals surface area (Å²) >= 11 is 0. The van der Waals surface area contributed by atoms with Crippen LogP contribution in [0.4, 0.5) is 11.4 Å². The van der Waals surface area contributed by atoms with Gasteiger partial charge in [0.25, 0.3) is 0 Å². The number of hydrogen-bond donors (Lipinski definition) is 2. The van der Waals surface area contributed by atoms with Crippen molar-refractivity contribution in [3.63, 3.8) is 0 Å². The molecule has 98 valence electrons. The van der Waals surface area contributed by atoms with Crippen LogP contribution >= 0.6 is 0 Å². The van der Waals surface area contributed by atoms with Crippen LogP contribution in [0.5, 0.6) is 0 Å². The van der Waals surface area contributed by atoms with E-state index in [1.165, 1.54) is 0 Å². The van der Waals surface area contributed by atoms with Crippen molar-refractivity contribution in [2.24, 2.45) is 0 Å². The summed E-state index contributed by atoms with van der Waals surface area (Å²) in [5, 5.41) is 0. The minimum Gasteiger partial charge on any atom is -0.364 e. The first-order valence-electron chi connectivity index (χ1n) is 5.28. The van der Waals surface area contributed by atoms with Gasteiger partial charge in [0.1, 0.15) is 0 Å². The molecule has 1 aromatic carbocycles. The molecule has 0 radical (unpaired) electrons. The molecule has 0 amide bonds. The monoisotopic (exact) mass is 268 g/mol. The van der Waals surface area contributed by atoms with Crippen LogP contribution in [0.2, 0.25) is 0 Å². The van der Waals surface area contributed by atoms with E-state index in [1.807, 2.05) is 9.62 Å². The van der Waals surface area contributed by atoms with Gasteiger partial charge in [0.2, 0.25) is 0 Å². The van der Waals surface area contributed by atoms with Crippen LogP contribution in [0, 0.1) is 0 Å². The average molecular weight is 268 g/mol. The summed E-state index contributed by atoms with van der Waals surface area (Å²) in [6.07, 6.45) is 3.54. The molecule has 0 saturated heterocycles. The molecule has 5 nitrogen and oxygen atoms in total. The summed E-state index contributed by atoms with van der Waals surface area (Å²) in [7, 11) is -4.23. The first-order chi connectivity index (χ1) is 8.46. The van der Waals surface area contributed by atoms with E-state index in [1.54, 1.807) is 36.4 Å². The summed E-state index contributed by atoms with van der Waals surface area (Å²) < 4.78 is 31.9. The molecule has 6 heteroatoms. The van der Waals surface area contributed by atoms with Crippen molar-refractivity contribution in [3.8, 4) is 0 Å². The largest absolute Gasteiger partial charge is 0.364 e. The first kappa shape index (κ1) is 14.3. The molecule has 1 rings (SSSR count). The molecule has 0 aromatic heterocycles. The van der Waals surface area contributed by atoms with Crippen molar-refractivity contribution in [3.05, 3.63) is 49.6 Å². The fraction of sp³-hybridized carbons (Fsp3) is 0.167. The van der Waals surface area contributed by atoms with E-state index >= 15 is 0 Å². The van der Waals surface area contributed by atoms with Gasteiger partial charge in [-0.25, -0.2) is 0 Å². The second-order valence-corrected chi connectivity index (χ2v) is 4.76. The van der Waals surface area contributed by atoms with Gasteiger partial charge >= 0.3 is 10.3 Å². The lowest BCUT2D eigenvalue weighted by Crippen LogP contribution is -2.22. The fourth-order valence-electron chi connectivity index (χ4n) is 1.49. The summed E-state index contributed by atoms with van der Waals surface area (Å²) in [6.45, 7) is 8.67. The van der Waals surface area contributed by atoms with Crippen LogP contribution in [0.3, 0.4) is 0 Å². The van der Waals surface area contributed by atoms with E-state index in [4.69, 9.17) is 4.55 Å². The maximum atomic E-state index is 10.6. The van der Waals surface area contributed by atoms with Crippen molar-refractivity contribution in [2.45, 2.75) is 0 Å². The SMILES string of the molecule is C=CCN(CC=C)c1ccc(NS(=O)(=O)O)cc1. The highest BCUT2D eigenvalue weighted by Crippen LogP contribution is 2.18. The number of hydrogen-bond acceptors (Lipinski definition) is 3. The number of nitrogens with one attached hydrogen (secondary N) is 1. The maximum Gasteiger partial charge on any atom is 0.357 e.